The van der Waals surface area contributed by atoms with Crippen LogP contribution in [0.4, 0.5) is 0 Å². The quantitative estimate of drug-likeness (QED) is 0.526. The number of esters is 1. The van der Waals surface area contributed by atoms with E-state index in [0.717, 1.165) is 10.5 Å². The molecule has 112 valence electrons. The summed E-state index contributed by atoms with van der Waals surface area (Å²) in [4.78, 5) is 17.2. The summed E-state index contributed by atoms with van der Waals surface area (Å²) < 4.78 is 7.05. The highest BCUT2D eigenvalue weighted by Crippen LogP contribution is 2.17. The average Bonchev–Trinajstić information content (AvgIpc) is 2.94. The van der Waals surface area contributed by atoms with Crippen molar-refractivity contribution in [2.24, 2.45) is 0 Å². The lowest BCUT2D eigenvalue weighted by Gasteiger charge is -2.02. The van der Waals surface area contributed by atoms with Crippen molar-refractivity contribution >= 4 is 35.0 Å². The molecule has 0 spiro atoms. The molecule has 0 aliphatic heterocycles. The third-order valence-corrected chi connectivity index (χ3v) is 4.15. The smallest absolute Gasteiger partial charge is 0.316 e. The fraction of sp³-hybridized carbons (Fsp3) is 0.125. The number of carbonyl (C=O) groups excluding carboxylic acids is 1. The molecule has 0 fully saturated rings. The van der Waals surface area contributed by atoms with Crippen LogP contribution in [-0.4, -0.2) is 21.1 Å². The van der Waals surface area contributed by atoms with E-state index < -0.39 is 0 Å². The number of pyridine rings is 1. The molecule has 0 radical (unpaired) electrons. The molecular weight excluding hydrogens is 320 g/mol. The topological polar surface area (TPSA) is 43.6 Å². The fourth-order valence-electron chi connectivity index (χ4n) is 1.94. The molecule has 2 aromatic heterocycles. The lowest BCUT2D eigenvalue weighted by atomic mass is 10.4. The minimum Gasteiger partial charge on any atom is -0.458 e. The minimum atomic E-state index is -0.260. The Bertz CT molecular complexity index is 789. The standard InChI is InChI=1S/C16H13ClN2O2S/c17-12-6-7-15-18-13(9-19(15)8-12)10-21-16(20)11-22-14-4-2-1-3-5-14/h1-9H,10-11H2. The lowest BCUT2D eigenvalue weighted by molar-refractivity contribution is -0.141. The van der Waals surface area contributed by atoms with Gasteiger partial charge in [0.05, 0.1) is 16.5 Å². The number of ether oxygens (including phenoxy) is 1. The van der Waals surface area contributed by atoms with E-state index in [2.05, 4.69) is 4.98 Å². The summed E-state index contributed by atoms with van der Waals surface area (Å²) in [5.74, 6) is 0.0207. The average molecular weight is 333 g/mol. The summed E-state index contributed by atoms with van der Waals surface area (Å²) in [7, 11) is 0. The number of halogens is 1. The number of nitrogens with zero attached hydrogens (tertiary/aromatic N) is 2. The molecule has 22 heavy (non-hydrogen) atoms. The molecule has 1 aromatic carbocycles. The third-order valence-electron chi connectivity index (χ3n) is 2.95. The van der Waals surface area contributed by atoms with Crippen molar-refractivity contribution in [2.75, 3.05) is 5.75 Å². The fourth-order valence-corrected chi connectivity index (χ4v) is 2.83. The summed E-state index contributed by atoms with van der Waals surface area (Å²) in [5.41, 5.74) is 1.47. The van der Waals surface area contributed by atoms with Crippen LogP contribution in [0.2, 0.25) is 5.02 Å². The molecule has 0 bridgehead atoms. The molecule has 0 atom stereocenters. The van der Waals surface area contributed by atoms with Gasteiger partial charge in [-0.3, -0.25) is 4.79 Å². The number of imidazole rings is 1. The second-order valence-electron chi connectivity index (χ2n) is 4.61. The van der Waals surface area contributed by atoms with Crippen LogP contribution in [-0.2, 0) is 16.1 Å². The van der Waals surface area contributed by atoms with Crippen LogP contribution in [0, 0.1) is 0 Å². The van der Waals surface area contributed by atoms with Crippen LogP contribution < -0.4 is 0 Å². The van der Waals surface area contributed by atoms with Gasteiger partial charge in [-0.2, -0.15) is 0 Å². The Morgan fingerprint density at radius 3 is 2.82 bits per heavy atom. The maximum atomic E-state index is 11.8. The van der Waals surface area contributed by atoms with Gasteiger partial charge in [-0.15, -0.1) is 11.8 Å². The first-order valence-electron chi connectivity index (χ1n) is 6.67. The van der Waals surface area contributed by atoms with Gasteiger partial charge in [0.2, 0.25) is 0 Å². The predicted molar refractivity (Wildman–Crippen MR) is 87.2 cm³/mol. The SMILES string of the molecule is O=C(CSc1ccccc1)OCc1cn2cc(Cl)ccc2n1. The predicted octanol–water partition coefficient (Wildman–Crippen LogP) is 3.82. The molecule has 0 N–H and O–H groups in total. The number of benzene rings is 1. The van der Waals surface area contributed by atoms with Crippen molar-refractivity contribution in [2.45, 2.75) is 11.5 Å². The van der Waals surface area contributed by atoms with Crippen molar-refractivity contribution in [1.29, 1.82) is 0 Å². The number of hydrogen-bond donors (Lipinski definition) is 0. The summed E-state index contributed by atoms with van der Waals surface area (Å²) in [5, 5.41) is 0.632. The molecule has 0 saturated heterocycles. The van der Waals surface area contributed by atoms with Crippen molar-refractivity contribution in [3.63, 3.8) is 0 Å². The molecule has 6 heteroatoms. The van der Waals surface area contributed by atoms with Crippen molar-refractivity contribution in [3.05, 3.63) is 65.6 Å². The summed E-state index contributed by atoms with van der Waals surface area (Å²) in [6.45, 7) is 0.160. The Morgan fingerprint density at radius 2 is 2.00 bits per heavy atom. The van der Waals surface area contributed by atoms with E-state index >= 15 is 0 Å². The summed E-state index contributed by atoms with van der Waals surface area (Å²) in [6.07, 6.45) is 3.57. The number of thioether (sulfide) groups is 1. The largest absolute Gasteiger partial charge is 0.458 e. The zero-order valence-electron chi connectivity index (χ0n) is 11.6. The molecule has 3 rings (SSSR count). The molecule has 0 saturated carbocycles. The van der Waals surface area contributed by atoms with Crippen LogP contribution in [0.3, 0.4) is 0 Å². The van der Waals surface area contributed by atoms with Crippen LogP contribution in [0.5, 0.6) is 0 Å². The van der Waals surface area contributed by atoms with Gasteiger partial charge in [-0.05, 0) is 24.3 Å². The maximum absolute atomic E-state index is 11.8. The van der Waals surface area contributed by atoms with Gasteiger partial charge in [-0.1, -0.05) is 29.8 Å². The Morgan fingerprint density at radius 1 is 1.18 bits per heavy atom. The zero-order valence-corrected chi connectivity index (χ0v) is 13.2. The number of fused-ring (bicyclic) bond motifs is 1. The minimum absolute atomic E-state index is 0.160. The molecule has 0 unspecified atom stereocenters. The van der Waals surface area contributed by atoms with Gasteiger partial charge in [0, 0.05) is 17.3 Å². The Kier molecular flexibility index (Phi) is 4.65. The maximum Gasteiger partial charge on any atom is 0.316 e. The Labute approximate surface area is 137 Å². The third kappa shape index (κ3) is 3.81. The number of hydrogen-bond acceptors (Lipinski definition) is 4. The van der Waals surface area contributed by atoms with E-state index in [1.165, 1.54) is 11.8 Å². The molecule has 3 aromatic rings. The Hall–Kier alpha value is -1.98. The van der Waals surface area contributed by atoms with Crippen molar-refractivity contribution in [3.8, 4) is 0 Å². The van der Waals surface area contributed by atoms with Crippen LogP contribution >= 0.6 is 23.4 Å². The van der Waals surface area contributed by atoms with E-state index in [-0.39, 0.29) is 18.3 Å². The lowest BCUT2D eigenvalue weighted by Crippen LogP contribution is -2.07. The van der Waals surface area contributed by atoms with Crippen molar-refractivity contribution in [1.82, 2.24) is 9.38 Å². The molecule has 0 amide bonds. The molecular formula is C16H13ClN2O2S. The van der Waals surface area contributed by atoms with E-state index in [9.17, 15) is 4.79 Å². The highest BCUT2D eigenvalue weighted by atomic mass is 35.5. The van der Waals surface area contributed by atoms with Gasteiger partial charge in [-0.25, -0.2) is 4.98 Å². The van der Waals surface area contributed by atoms with E-state index in [4.69, 9.17) is 16.3 Å². The normalized spacial score (nSPS) is 10.8. The first kappa shape index (κ1) is 14.9. The first-order valence-corrected chi connectivity index (χ1v) is 8.04. The van der Waals surface area contributed by atoms with E-state index in [1.807, 2.05) is 40.8 Å². The van der Waals surface area contributed by atoms with E-state index in [1.54, 1.807) is 18.5 Å². The highest BCUT2D eigenvalue weighted by molar-refractivity contribution is 8.00. The number of carbonyl (C=O) groups is 1. The first-order chi connectivity index (χ1) is 10.7. The summed E-state index contributed by atoms with van der Waals surface area (Å²) in [6, 6.07) is 13.3. The highest BCUT2D eigenvalue weighted by Gasteiger charge is 2.07. The summed E-state index contributed by atoms with van der Waals surface area (Å²) >= 11 is 7.37. The van der Waals surface area contributed by atoms with Crippen LogP contribution in [0.15, 0.2) is 59.8 Å². The van der Waals surface area contributed by atoms with Gasteiger partial charge < -0.3 is 9.14 Å². The Balaban J connectivity index is 1.53. The van der Waals surface area contributed by atoms with Gasteiger partial charge >= 0.3 is 5.97 Å². The molecule has 0 aliphatic carbocycles. The number of rotatable bonds is 5. The van der Waals surface area contributed by atoms with Crippen LogP contribution in [0.25, 0.3) is 5.65 Å². The van der Waals surface area contributed by atoms with Gasteiger partial charge in [0.25, 0.3) is 0 Å². The monoisotopic (exact) mass is 332 g/mol. The van der Waals surface area contributed by atoms with Gasteiger partial charge in [0.15, 0.2) is 0 Å². The van der Waals surface area contributed by atoms with E-state index in [0.29, 0.717) is 10.7 Å². The van der Waals surface area contributed by atoms with Crippen molar-refractivity contribution < 1.29 is 9.53 Å². The van der Waals surface area contributed by atoms with Gasteiger partial charge in [0.1, 0.15) is 12.3 Å². The molecule has 0 aliphatic rings. The number of aromatic nitrogens is 2. The van der Waals surface area contributed by atoms with Crippen LogP contribution in [0.1, 0.15) is 5.69 Å². The second-order valence-corrected chi connectivity index (χ2v) is 6.09. The molecule has 2 heterocycles. The molecule has 4 nitrogen and oxygen atoms in total. The zero-order chi connectivity index (χ0) is 15.4. The second kappa shape index (κ2) is 6.85.